The Morgan fingerprint density at radius 1 is 1.42 bits per heavy atom. The second kappa shape index (κ2) is 6.35. The molecule has 19 heavy (non-hydrogen) atoms. The van der Waals surface area contributed by atoms with E-state index in [-0.39, 0.29) is 5.91 Å². The van der Waals surface area contributed by atoms with E-state index < -0.39 is 5.54 Å². The van der Waals surface area contributed by atoms with Crippen LogP contribution in [0.2, 0.25) is 0 Å². The van der Waals surface area contributed by atoms with E-state index in [0.717, 1.165) is 5.56 Å². The molecule has 0 saturated carbocycles. The monoisotopic (exact) mass is 259 g/mol. The summed E-state index contributed by atoms with van der Waals surface area (Å²) < 4.78 is 0. The molecule has 0 aliphatic heterocycles. The molecule has 0 aliphatic rings. The van der Waals surface area contributed by atoms with Crippen LogP contribution >= 0.6 is 0 Å². The van der Waals surface area contributed by atoms with Gasteiger partial charge < -0.3 is 10.6 Å². The maximum atomic E-state index is 12.3. The number of carbonyl (C=O) groups excluding carboxylic acids is 1. The molecule has 4 heteroatoms. The Balaban J connectivity index is 2.95. The van der Waals surface area contributed by atoms with Gasteiger partial charge in [0.25, 0.3) is 0 Å². The Morgan fingerprint density at radius 2 is 2.05 bits per heavy atom. The van der Waals surface area contributed by atoms with Crippen molar-refractivity contribution in [3.05, 3.63) is 35.4 Å². The summed E-state index contributed by atoms with van der Waals surface area (Å²) in [6, 6.07) is 9.47. The molecule has 2 N–H and O–H groups in total. The molecule has 1 aromatic rings. The number of amides is 1. The van der Waals surface area contributed by atoms with Gasteiger partial charge in [-0.3, -0.25) is 4.79 Å². The predicted molar refractivity (Wildman–Crippen MR) is 75.1 cm³/mol. The zero-order valence-electron chi connectivity index (χ0n) is 11.8. The molecule has 1 aromatic carbocycles. The SMILES string of the molecule is CCN(Cc1ccccc1C#N)C(=O)C(C)(N)CC. The molecule has 1 unspecified atom stereocenters. The summed E-state index contributed by atoms with van der Waals surface area (Å²) in [7, 11) is 0. The van der Waals surface area contributed by atoms with Crippen molar-refractivity contribution < 1.29 is 4.79 Å². The molecule has 0 aromatic heterocycles. The van der Waals surface area contributed by atoms with E-state index >= 15 is 0 Å². The zero-order chi connectivity index (χ0) is 14.5. The van der Waals surface area contributed by atoms with Crippen molar-refractivity contribution in [3.8, 4) is 6.07 Å². The molecular formula is C15H21N3O. The van der Waals surface area contributed by atoms with Gasteiger partial charge in [-0.15, -0.1) is 0 Å². The van der Waals surface area contributed by atoms with Crippen LogP contribution in [0.15, 0.2) is 24.3 Å². The normalized spacial score (nSPS) is 13.4. The van der Waals surface area contributed by atoms with E-state index in [0.29, 0.717) is 25.1 Å². The third-order valence-electron chi connectivity index (χ3n) is 3.39. The van der Waals surface area contributed by atoms with Gasteiger partial charge in [0.2, 0.25) is 5.91 Å². The van der Waals surface area contributed by atoms with E-state index in [2.05, 4.69) is 6.07 Å². The lowest BCUT2D eigenvalue weighted by atomic mass is 9.98. The fourth-order valence-electron chi connectivity index (χ4n) is 1.81. The highest BCUT2D eigenvalue weighted by Gasteiger charge is 2.30. The van der Waals surface area contributed by atoms with Gasteiger partial charge in [-0.1, -0.05) is 25.1 Å². The highest BCUT2D eigenvalue weighted by Crippen LogP contribution is 2.15. The lowest BCUT2D eigenvalue weighted by Crippen LogP contribution is -2.52. The second-order valence-electron chi connectivity index (χ2n) is 4.86. The molecule has 1 amide bonds. The fraction of sp³-hybridized carbons (Fsp3) is 0.467. The quantitative estimate of drug-likeness (QED) is 0.879. The number of hydrogen-bond donors (Lipinski definition) is 1. The number of hydrogen-bond acceptors (Lipinski definition) is 3. The molecule has 0 saturated heterocycles. The molecule has 4 nitrogen and oxygen atoms in total. The van der Waals surface area contributed by atoms with Gasteiger partial charge in [0.05, 0.1) is 17.2 Å². The zero-order valence-corrected chi connectivity index (χ0v) is 11.8. The summed E-state index contributed by atoms with van der Waals surface area (Å²) in [6.07, 6.45) is 0.586. The summed E-state index contributed by atoms with van der Waals surface area (Å²) in [4.78, 5) is 14.0. The predicted octanol–water partition coefficient (Wildman–Crippen LogP) is 2.03. The largest absolute Gasteiger partial charge is 0.337 e. The first-order chi connectivity index (χ1) is 8.96. The number of likely N-dealkylation sites (N-methyl/N-ethyl adjacent to an activating group) is 1. The molecule has 0 bridgehead atoms. The van der Waals surface area contributed by atoms with Crippen LogP contribution in [0.25, 0.3) is 0 Å². The maximum absolute atomic E-state index is 12.3. The summed E-state index contributed by atoms with van der Waals surface area (Å²) in [5.74, 6) is -0.0785. The summed E-state index contributed by atoms with van der Waals surface area (Å²) in [5, 5.41) is 9.07. The van der Waals surface area contributed by atoms with Crippen molar-refractivity contribution in [1.82, 2.24) is 4.90 Å². The minimum Gasteiger partial charge on any atom is -0.337 e. The number of nitrogens with two attached hydrogens (primary N) is 1. The minimum absolute atomic E-state index is 0.0785. The topological polar surface area (TPSA) is 70.1 Å². The van der Waals surface area contributed by atoms with Crippen LogP contribution < -0.4 is 5.73 Å². The van der Waals surface area contributed by atoms with Crippen LogP contribution in [0.1, 0.15) is 38.3 Å². The maximum Gasteiger partial charge on any atom is 0.242 e. The van der Waals surface area contributed by atoms with Gasteiger partial charge in [-0.25, -0.2) is 0 Å². The average molecular weight is 259 g/mol. The molecule has 0 fully saturated rings. The third kappa shape index (κ3) is 3.55. The smallest absolute Gasteiger partial charge is 0.242 e. The molecule has 1 rings (SSSR count). The molecule has 0 radical (unpaired) electrons. The number of carbonyl (C=O) groups is 1. The fourth-order valence-corrected chi connectivity index (χ4v) is 1.81. The van der Waals surface area contributed by atoms with E-state index in [9.17, 15) is 4.79 Å². The van der Waals surface area contributed by atoms with Crippen LogP contribution in [0.3, 0.4) is 0 Å². The van der Waals surface area contributed by atoms with Gasteiger partial charge in [0.15, 0.2) is 0 Å². The van der Waals surface area contributed by atoms with Gasteiger partial charge >= 0.3 is 0 Å². The molecule has 102 valence electrons. The van der Waals surface area contributed by atoms with Crippen LogP contribution in [0.4, 0.5) is 0 Å². The van der Waals surface area contributed by atoms with Gasteiger partial charge in [0, 0.05) is 13.1 Å². The number of rotatable bonds is 5. The highest BCUT2D eigenvalue weighted by atomic mass is 16.2. The highest BCUT2D eigenvalue weighted by molar-refractivity contribution is 5.85. The molecule has 1 atom stereocenters. The number of benzene rings is 1. The van der Waals surface area contributed by atoms with Gasteiger partial charge in [0.1, 0.15) is 0 Å². The molecule has 0 aliphatic carbocycles. The number of nitriles is 1. The standard InChI is InChI=1S/C15H21N3O/c1-4-15(3,17)14(19)18(5-2)11-13-9-7-6-8-12(13)10-16/h6-9H,4-5,11,17H2,1-3H3. The van der Waals surface area contributed by atoms with E-state index in [1.807, 2.05) is 32.0 Å². The van der Waals surface area contributed by atoms with Crippen LogP contribution in [-0.4, -0.2) is 22.9 Å². The van der Waals surface area contributed by atoms with Crippen molar-refractivity contribution in [2.75, 3.05) is 6.54 Å². The second-order valence-corrected chi connectivity index (χ2v) is 4.86. The van der Waals surface area contributed by atoms with Crippen molar-refractivity contribution in [3.63, 3.8) is 0 Å². The minimum atomic E-state index is -0.850. The van der Waals surface area contributed by atoms with Gasteiger partial charge in [-0.05, 0) is 31.9 Å². The summed E-state index contributed by atoms with van der Waals surface area (Å²) in [5.41, 5.74) is 6.61. The van der Waals surface area contributed by atoms with Gasteiger partial charge in [-0.2, -0.15) is 5.26 Å². The Hall–Kier alpha value is -1.86. The van der Waals surface area contributed by atoms with E-state index in [1.165, 1.54) is 0 Å². The summed E-state index contributed by atoms with van der Waals surface area (Å²) in [6.45, 7) is 6.55. The van der Waals surface area contributed by atoms with E-state index in [4.69, 9.17) is 11.0 Å². The van der Waals surface area contributed by atoms with Crippen LogP contribution in [0.5, 0.6) is 0 Å². The van der Waals surface area contributed by atoms with Crippen LogP contribution in [-0.2, 0) is 11.3 Å². The lowest BCUT2D eigenvalue weighted by molar-refractivity contribution is -0.137. The van der Waals surface area contributed by atoms with E-state index in [1.54, 1.807) is 17.9 Å². The molecular weight excluding hydrogens is 238 g/mol. The third-order valence-corrected chi connectivity index (χ3v) is 3.39. The number of nitrogens with zero attached hydrogens (tertiary/aromatic N) is 2. The lowest BCUT2D eigenvalue weighted by Gasteiger charge is -2.30. The van der Waals surface area contributed by atoms with Crippen LogP contribution in [0, 0.1) is 11.3 Å². The Labute approximate surface area is 114 Å². The van der Waals surface area contributed by atoms with Crippen molar-refractivity contribution in [2.45, 2.75) is 39.3 Å². The van der Waals surface area contributed by atoms with Crippen molar-refractivity contribution >= 4 is 5.91 Å². The first-order valence-electron chi connectivity index (χ1n) is 6.52. The average Bonchev–Trinajstić information content (AvgIpc) is 2.44. The summed E-state index contributed by atoms with van der Waals surface area (Å²) >= 11 is 0. The Morgan fingerprint density at radius 3 is 2.58 bits per heavy atom. The molecule has 0 heterocycles. The first-order valence-corrected chi connectivity index (χ1v) is 6.52. The Kier molecular flexibility index (Phi) is 5.08. The molecule has 0 spiro atoms. The Bertz CT molecular complexity index is 488. The first kappa shape index (κ1) is 15.2. The van der Waals surface area contributed by atoms with Crippen molar-refractivity contribution in [2.24, 2.45) is 5.73 Å². The van der Waals surface area contributed by atoms with Crippen molar-refractivity contribution in [1.29, 1.82) is 5.26 Å².